The molecule has 0 rings (SSSR count). The average molecular weight is 180 g/mol. The van der Waals surface area contributed by atoms with Gasteiger partial charge < -0.3 is 21.7 Å². The maximum atomic E-state index is 9.88. The Hall–Kier alpha value is -1.54. The number of urea groups is 1. The summed E-state index contributed by atoms with van der Waals surface area (Å²) in [5.74, 6) is 0. The van der Waals surface area contributed by atoms with Gasteiger partial charge in [0.05, 0.1) is 0 Å². The predicted molar refractivity (Wildman–Crippen MR) is 40.4 cm³/mol. The number of hydrogen-bond donors (Lipinski definition) is 6. The van der Waals surface area contributed by atoms with Crippen LogP contribution in [0.25, 0.3) is 0 Å². The molecule has 0 unspecified atom stereocenters. The maximum absolute atomic E-state index is 9.88. The molecule has 0 radical (unpaired) electrons. The fourth-order valence-corrected chi connectivity index (χ4v) is 0.222. The molecular weight excluding hydrogens is 168 g/mol. The number of hydrogen-bond acceptors (Lipinski definition) is 4. The third-order valence-electron chi connectivity index (χ3n) is 0.481. The van der Waals surface area contributed by atoms with Crippen molar-refractivity contribution < 1.29 is 19.8 Å². The van der Waals surface area contributed by atoms with Crippen molar-refractivity contribution in [3.05, 3.63) is 0 Å². The molecule has 0 bridgehead atoms. The summed E-state index contributed by atoms with van der Waals surface area (Å²) in [6, 6.07) is -0.599. The summed E-state index contributed by atoms with van der Waals surface area (Å²) in [6.07, 6.45) is -1.83. The minimum atomic E-state index is -1.83. The molecule has 0 fully saturated rings. The zero-order valence-electron chi connectivity index (χ0n) is 6.28. The van der Waals surface area contributed by atoms with Gasteiger partial charge in [-0.2, -0.15) is 0 Å². The molecule has 0 atom stereocenters. The van der Waals surface area contributed by atoms with Crippen LogP contribution in [0.15, 0.2) is 0 Å². The number of primary amides is 1. The summed E-state index contributed by atoms with van der Waals surface area (Å²) in [5, 5.41) is 13.9. The van der Waals surface area contributed by atoms with Gasteiger partial charge in [-0.25, -0.2) is 15.0 Å². The van der Waals surface area contributed by atoms with Crippen LogP contribution < -0.4 is 22.3 Å². The van der Waals surface area contributed by atoms with Gasteiger partial charge in [-0.05, 0) is 0 Å². The molecule has 0 heterocycles. The van der Waals surface area contributed by atoms with E-state index in [0.29, 0.717) is 13.1 Å². The van der Waals surface area contributed by atoms with E-state index >= 15 is 0 Å². The molecule has 8 N–H and O–H groups in total. The minimum absolute atomic E-state index is 0.472. The molecule has 8 heteroatoms. The summed E-state index contributed by atoms with van der Waals surface area (Å²) < 4.78 is 0. The second-order valence-corrected chi connectivity index (χ2v) is 1.49. The Bertz CT molecular complexity index is 135. The number of amides is 2. The number of carbonyl (C=O) groups is 2. The lowest BCUT2D eigenvalue weighted by atomic mass is 10.7. The zero-order valence-corrected chi connectivity index (χ0v) is 6.28. The first-order chi connectivity index (χ1) is 5.50. The van der Waals surface area contributed by atoms with Crippen LogP contribution in [-0.4, -0.2) is 35.5 Å². The van der Waals surface area contributed by atoms with E-state index in [2.05, 4.69) is 16.6 Å². The van der Waals surface area contributed by atoms with E-state index in [1.54, 1.807) is 0 Å². The molecule has 0 aliphatic rings. The molecule has 0 spiro atoms. The largest absolute Gasteiger partial charge is 0.503 e. The molecule has 2 amide bonds. The quantitative estimate of drug-likeness (QED) is 0.226. The maximum Gasteiger partial charge on any atom is 0.503 e. The Morgan fingerprint density at radius 2 is 1.75 bits per heavy atom. The van der Waals surface area contributed by atoms with Crippen LogP contribution >= 0.6 is 0 Å². The van der Waals surface area contributed by atoms with E-state index < -0.39 is 12.2 Å². The normalized spacial score (nSPS) is 7.75. The number of carboxylic acid groups (broad SMARTS) is 2. The molecule has 0 saturated carbocycles. The van der Waals surface area contributed by atoms with Crippen LogP contribution in [0.4, 0.5) is 9.59 Å². The lowest BCUT2D eigenvalue weighted by molar-refractivity contribution is 0.137. The highest BCUT2D eigenvalue weighted by Crippen LogP contribution is 1.47. The highest BCUT2D eigenvalue weighted by atomic mass is 16.6. The smallest absolute Gasteiger partial charge is 0.450 e. The zero-order chi connectivity index (χ0) is 9.98. The topological polar surface area (TPSA) is 151 Å². The van der Waals surface area contributed by atoms with Crippen LogP contribution in [0.3, 0.4) is 0 Å². The Labute approximate surface area is 68.5 Å². The van der Waals surface area contributed by atoms with Crippen molar-refractivity contribution in [2.24, 2.45) is 11.5 Å². The standard InChI is InChI=1S/C3H10N4O.CH2O3/c4-1-2-6-7-3(5)8;2-1(3)4/h6H,1-2,4H2,(H3,5,7,8);(H2,2,3,4). The van der Waals surface area contributed by atoms with Crippen molar-refractivity contribution in [2.75, 3.05) is 13.1 Å². The van der Waals surface area contributed by atoms with E-state index in [9.17, 15) is 4.79 Å². The Balaban J connectivity index is 0. The monoisotopic (exact) mass is 180 g/mol. The second-order valence-electron chi connectivity index (χ2n) is 1.49. The van der Waals surface area contributed by atoms with Crippen LogP contribution in [0, 0.1) is 0 Å². The molecule has 0 aromatic heterocycles. The SMILES string of the molecule is NCCNNC(N)=O.O=C(O)O. The van der Waals surface area contributed by atoms with Crippen LogP contribution in [0.2, 0.25) is 0 Å². The number of hydrazine groups is 1. The van der Waals surface area contributed by atoms with Gasteiger partial charge in [-0.15, -0.1) is 0 Å². The molecule has 0 aromatic rings. The molecule has 72 valence electrons. The molecule has 0 aliphatic heterocycles. The van der Waals surface area contributed by atoms with Gasteiger partial charge in [0, 0.05) is 13.1 Å². The van der Waals surface area contributed by atoms with Gasteiger partial charge in [0.1, 0.15) is 0 Å². The molecule has 0 aliphatic carbocycles. The summed E-state index contributed by atoms with van der Waals surface area (Å²) in [5.41, 5.74) is 14.4. The Kier molecular flexibility index (Phi) is 10.3. The lowest BCUT2D eigenvalue weighted by Gasteiger charge is -1.99. The first-order valence-electron chi connectivity index (χ1n) is 2.91. The third kappa shape index (κ3) is 39.3. The predicted octanol–water partition coefficient (Wildman–Crippen LogP) is -1.66. The van der Waals surface area contributed by atoms with Crippen molar-refractivity contribution >= 4 is 12.2 Å². The molecular formula is C4H12N4O4. The second kappa shape index (κ2) is 9.46. The van der Waals surface area contributed by atoms with Crippen molar-refractivity contribution in [1.82, 2.24) is 10.9 Å². The van der Waals surface area contributed by atoms with E-state index in [-0.39, 0.29) is 0 Å². The highest BCUT2D eigenvalue weighted by molar-refractivity contribution is 5.70. The lowest BCUT2D eigenvalue weighted by Crippen LogP contribution is -2.43. The summed E-state index contributed by atoms with van der Waals surface area (Å²) in [7, 11) is 0. The van der Waals surface area contributed by atoms with Crippen molar-refractivity contribution in [2.45, 2.75) is 0 Å². The first-order valence-corrected chi connectivity index (χ1v) is 2.91. The number of carbonyl (C=O) groups excluding carboxylic acids is 1. The van der Waals surface area contributed by atoms with Gasteiger partial charge in [0.2, 0.25) is 0 Å². The Morgan fingerprint density at radius 3 is 2.00 bits per heavy atom. The van der Waals surface area contributed by atoms with Crippen molar-refractivity contribution in [1.29, 1.82) is 0 Å². The number of nitrogens with one attached hydrogen (secondary N) is 2. The number of nitrogens with two attached hydrogens (primary N) is 2. The van der Waals surface area contributed by atoms with Crippen LogP contribution in [0.5, 0.6) is 0 Å². The summed E-state index contributed by atoms with van der Waals surface area (Å²) >= 11 is 0. The van der Waals surface area contributed by atoms with E-state index in [4.69, 9.17) is 20.7 Å². The molecule has 0 aromatic carbocycles. The summed E-state index contributed by atoms with van der Waals surface area (Å²) in [4.78, 5) is 18.4. The average Bonchev–Trinajstić information content (AvgIpc) is 1.86. The number of rotatable bonds is 3. The minimum Gasteiger partial charge on any atom is -0.450 e. The van der Waals surface area contributed by atoms with Gasteiger partial charge >= 0.3 is 12.2 Å². The third-order valence-corrected chi connectivity index (χ3v) is 0.481. The van der Waals surface area contributed by atoms with Crippen LogP contribution in [0.1, 0.15) is 0 Å². The molecule has 8 nitrogen and oxygen atoms in total. The van der Waals surface area contributed by atoms with E-state index in [1.807, 2.05) is 0 Å². The van der Waals surface area contributed by atoms with Gasteiger partial charge in [0.25, 0.3) is 0 Å². The first kappa shape index (κ1) is 13.1. The van der Waals surface area contributed by atoms with Crippen molar-refractivity contribution in [3.63, 3.8) is 0 Å². The fourth-order valence-electron chi connectivity index (χ4n) is 0.222. The summed E-state index contributed by atoms with van der Waals surface area (Å²) in [6.45, 7) is 1.00. The van der Waals surface area contributed by atoms with Gasteiger partial charge in [0.15, 0.2) is 0 Å². The van der Waals surface area contributed by atoms with Gasteiger partial charge in [-0.3, -0.25) is 5.43 Å². The van der Waals surface area contributed by atoms with Gasteiger partial charge in [-0.1, -0.05) is 0 Å². The van der Waals surface area contributed by atoms with Crippen LogP contribution in [-0.2, 0) is 0 Å². The molecule has 12 heavy (non-hydrogen) atoms. The highest BCUT2D eigenvalue weighted by Gasteiger charge is 1.84. The Morgan fingerprint density at radius 1 is 1.33 bits per heavy atom. The fraction of sp³-hybridized carbons (Fsp3) is 0.500. The molecule has 0 saturated heterocycles. The van der Waals surface area contributed by atoms with E-state index in [0.717, 1.165) is 0 Å². The van der Waals surface area contributed by atoms with Crippen molar-refractivity contribution in [3.8, 4) is 0 Å². The van der Waals surface area contributed by atoms with E-state index in [1.165, 1.54) is 0 Å².